The molecule has 2 aromatic rings. The molecule has 4 heteroatoms. The minimum Gasteiger partial charge on any atom is -0.157 e. The van der Waals surface area contributed by atoms with Crippen LogP contribution in [0.25, 0.3) is 5.52 Å². The van der Waals surface area contributed by atoms with E-state index in [0.717, 1.165) is 11.2 Å². The minimum absolute atomic E-state index is 0.910. The molecule has 0 fully saturated rings. The van der Waals surface area contributed by atoms with Crippen molar-refractivity contribution in [2.24, 2.45) is 0 Å². The lowest BCUT2D eigenvalue weighted by atomic mass is 10.4. The van der Waals surface area contributed by atoms with Gasteiger partial charge in [0.1, 0.15) is 5.52 Å². The summed E-state index contributed by atoms with van der Waals surface area (Å²) in [6, 6.07) is 3.80. The fourth-order valence-electron chi connectivity index (χ4n) is 0.862. The third-order valence-electron chi connectivity index (χ3n) is 1.38. The lowest BCUT2D eigenvalue weighted by Gasteiger charge is -1.85. The van der Waals surface area contributed by atoms with Crippen LogP contribution < -0.4 is 0 Å². The second kappa shape index (κ2) is 1.76. The number of aromatic nitrogens is 4. The normalized spacial score (nSPS) is 10.5. The van der Waals surface area contributed by atoms with E-state index in [0.29, 0.717) is 0 Å². The van der Waals surface area contributed by atoms with Crippen molar-refractivity contribution >= 4 is 5.52 Å². The summed E-state index contributed by atoms with van der Waals surface area (Å²) < 4.78 is 1.51. The second-order valence-electron chi connectivity index (χ2n) is 2.07. The zero-order valence-electron chi connectivity index (χ0n) is 5.52. The lowest BCUT2D eigenvalue weighted by molar-refractivity contribution is 0.741. The van der Waals surface area contributed by atoms with Gasteiger partial charge in [-0.3, -0.25) is 0 Å². The van der Waals surface area contributed by atoms with Gasteiger partial charge in [0, 0.05) is 6.20 Å². The number of aryl methyl sites for hydroxylation is 1. The van der Waals surface area contributed by atoms with E-state index in [4.69, 9.17) is 0 Å². The Balaban J connectivity index is 2.93. The molecular formula is C6H6N4. The van der Waals surface area contributed by atoms with Crippen molar-refractivity contribution in [1.82, 2.24) is 20.0 Å². The second-order valence-corrected chi connectivity index (χ2v) is 2.07. The zero-order valence-corrected chi connectivity index (χ0v) is 5.52. The number of hydrogen-bond donors (Lipinski definition) is 0. The Labute approximate surface area is 57.5 Å². The smallest absolute Gasteiger partial charge is 0.111 e. The molecule has 2 heterocycles. The molecular weight excluding hydrogens is 128 g/mol. The first-order chi connectivity index (χ1) is 4.88. The Morgan fingerprint density at radius 2 is 2.40 bits per heavy atom. The Morgan fingerprint density at radius 1 is 1.50 bits per heavy atom. The predicted molar refractivity (Wildman–Crippen MR) is 35.5 cm³/mol. The molecule has 4 nitrogen and oxygen atoms in total. The summed E-state index contributed by atoms with van der Waals surface area (Å²) >= 11 is 0. The summed E-state index contributed by atoms with van der Waals surface area (Å²) in [5, 5.41) is 11.6. The third kappa shape index (κ3) is 0.586. The summed E-state index contributed by atoms with van der Waals surface area (Å²) in [5.74, 6) is 0. The van der Waals surface area contributed by atoms with Crippen molar-refractivity contribution in [2.45, 2.75) is 6.92 Å². The van der Waals surface area contributed by atoms with E-state index < -0.39 is 0 Å². The van der Waals surface area contributed by atoms with Crippen molar-refractivity contribution in [3.8, 4) is 0 Å². The Kier molecular flexibility index (Phi) is 0.943. The van der Waals surface area contributed by atoms with Crippen molar-refractivity contribution in [1.29, 1.82) is 0 Å². The first kappa shape index (κ1) is 5.34. The molecule has 0 bridgehead atoms. The van der Waals surface area contributed by atoms with Gasteiger partial charge in [-0.05, 0) is 24.3 Å². The quantitative estimate of drug-likeness (QED) is 0.524. The van der Waals surface area contributed by atoms with Gasteiger partial charge in [0.15, 0.2) is 0 Å². The van der Waals surface area contributed by atoms with E-state index in [1.54, 1.807) is 6.20 Å². The van der Waals surface area contributed by atoms with Gasteiger partial charge in [-0.1, -0.05) is 0 Å². The molecule has 0 spiro atoms. The maximum absolute atomic E-state index is 3.95. The molecule has 0 radical (unpaired) electrons. The first-order valence-electron chi connectivity index (χ1n) is 3.01. The highest BCUT2D eigenvalue weighted by Gasteiger charge is 1.97. The molecule has 0 N–H and O–H groups in total. The highest BCUT2D eigenvalue weighted by molar-refractivity contribution is 5.47. The molecule has 0 saturated heterocycles. The highest BCUT2D eigenvalue weighted by atomic mass is 15.5. The van der Waals surface area contributed by atoms with Crippen LogP contribution >= 0.6 is 0 Å². The maximum atomic E-state index is 3.95. The number of nitrogens with zero attached hydrogens (tertiary/aromatic N) is 4. The van der Waals surface area contributed by atoms with Gasteiger partial charge in [0.25, 0.3) is 0 Å². The zero-order chi connectivity index (χ0) is 6.97. The van der Waals surface area contributed by atoms with Crippen molar-refractivity contribution in [2.75, 3.05) is 0 Å². The van der Waals surface area contributed by atoms with E-state index >= 15 is 0 Å². The SMILES string of the molecule is Cc1nnn2ncccc12. The molecule has 0 atom stereocenters. The molecule has 0 aliphatic heterocycles. The summed E-state index contributed by atoms with van der Waals surface area (Å²) in [4.78, 5) is 0. The largest absolute Gasteiger partial charge is 0.157 e. The molecule has 10 heavy (non-hydrogen) atoms. The molecule has 0 saturated carbocycles. The van der Waals surface area contributed by atoms with Crippen molar-refractivity contribution in [3.63, 3.8) is 0 Å². The minimum atomic E-state index is 0.910. The predicted octanol–water partition coefficient (Wildman–Crippen LogP) is 0.433. The summed E-state index contributed by atoms with van der Waals surface area (Å²) in [6.07, 6.45) is 1.68. The Morgan fingerprint density at radius 3 is 3.20 bits per heavy atom. The summed E-state index contributed by atoms with van der Waals surface area (Å²) in [6.45, 7) is 1.91. The van der Waals surface area contributed by atoms with Gasteiger partial charge >= 0.3 is 0 Å². The van der Waals surface area contributed by atoms with Crippen LogP contribution in [0.2, 0.25) is 0 Å². The molecule has 2 rings (SSSR count). The molecule has 0 aliphatic rings. The van der Waals surface area contributed by atoms with Crippen molar-refractivity contribution < 1.29 is 0 Å². The Hall–Kier alpha value is -1.45. The first-order valence-corrected chi connectivity index (χ1v) is 3.01. The average Bonchev–Trinajstić information content (AvgIpc) is 2.34. The maximum Gasteiger partial charge on any atom is 0.111 e. The van der Waals surface area contributed by atoms with E-state index in [2.05, 4.69) is 15.4 Å². The van der Waals surface area contributed by atoms with Crippen molar-refractivity contribution in [3.05, 3.63) is 24.0 Å². The van der Waals surface area contributed by atoms with Crippen LogP contribution in [0.5, 0.6) is 0 Å². The molecule has 50 valence electrons. The van der Waals surface area contributed by atoms with Gasteiger partial charge in [0.2, 0.25) is 0 Å². The molecule has 0 aromatic carbocycles. The van der Waals surface area contributed by atoms with Gasteiger partial charge < -0.3 is 0 Å². The number of fused-ring (bicyclic) bond motifs is 1. The summed E-state index contributed by atoms with van der Waals surface area (Å²) in [5.41, 5.74) is 1.87. The van der Waals surface area contributed by atoms with E-state index in [9.17, 15) is 0 Å². The van der Waals surface area contributed by atoms with E-state index in [-0.39, 0.29) is 0 Å². The average molecular weight is 134 g/mol. The number of hydrogen-bond acceptors (Lipinski definition) is 3. The fourth-order valence-corrected chi connectivity index (χ4v) is 0.862. The molecule has 2 aromatic heterocycles. The molecule has 0 amide bonds. The molecule has 0 unspecified atom stereocenters. The number of rotatable bonds is 0. The topological polar surface area (TPSA) is 43.1 Å². The monoisotopic (exact) mass is 134 g/mol. The van der Waals surface area contributed by atoms with Gasteiger partial charge in [-0.2, -0.15) is 5.10 Å². The third-order valence-corrected chi connectivity index (χ3v) is 1.38. The van der Waals surface area contributed by atoms with E-state index in [1.807, 2.05) is 19.1 Å². The highest BCUT2D eigenvalue weighted by Crippen LogP contribution is 2.01. The van der Waals surface area contributed by atoms with Gasteiger partial charge in [-0.25, -0.2) is 0 Å². The standard InChI is InChI=1S/C6H6N4/c1-5-6-3-2-4-7-10(6)9-8-5/h2-4H,1H3. The fraction of sp³-hybridized carbons (Fsp3) is 0.167. The Bertz CT molecular complexity index is 351. The van der Waals surface area contributed by atoms with E-state index in [1.165, 1.54) is 4.63 Å². The lowest BCUT2D eigenvalue weighted by Crippen LogP contribution is -1.90. The van der Waals surface area contributed by atoms with Gasteiger partial charge in [-0.15, -0.1) is 9.73 Å². The van der Waals surface area contributed by atoms with Crippen LogP contribution in [-0.2, 0) is 0 Å². The van der Waals surface area contributed by atoms with Crippen LogP contribution in [0.3, 0.4) is 0 Å². The molecule has 0 aliphatic carbocycles. The van der Waals surface area contributed by atoms with Crippen LogP contribution in [0, 0.1) is 6.92 Å². The van der Waals surface area contributed by atoms with Crippen LogP contribution in [0.15, 0.2) is 18.3 Å². The van der Waals surface area contributed by atoms with Crippen LogP contribution in [0.1, 0.15) is 5.69 Å². The van der Waals surface area contributed by atoms with Gasteiger partial charge in [0.05, 0.1) is 5.69 Å². The summed E-state index contributed by atoms with van der Waals surface area (Å²) in [7, 11) is 0. The van der Waals surface area contributed by atoms with Crippen LogP contribution in [-0.4, -0.2) is 20.0 Å². The van der Waals surface area contributed by atoms with Crippen LogP contribution in [0.4, 0.5) is 0 Å².